The van der Waals surface area contributed by atoms with Crippen LogP contribution in [0.5, 0.6) is 11.5 Å². The number of hydrogen-bond acceptors (Lipinski definition) is 7. The maximum Gasteiger partial charge on any atom is 0.312 e. The van der Waals surface area contributed by atoms with E-state index in [1.807, 2.05) is 18.2 Å². The van der Waals surface area contributed by atoms with Crippen LogP contribution in [0.25, 0.3) is 11.0 Å². The van der Waals surface area contributed by atoms with Crippen LogP contribution >= 0.6 is 0 Å². The minimum absolute atomic E-state index is 0.0923. The van der Waals surface area contributed by atoms with E-state index in [2.05, 4.69) is 10.5 Å². The fraction of sp³-hybridized carbons (Fsp3) is 0.250. The molecule has 0 saturated carbocycles. The molecule has 1 atom stereocenters. The Hall–Kier alpha value is -3.55. The van der Waals surface area contributed by atoms with E-state index in [1.165, 1.54) is 21.1 Å². The number of hydrogen-bond donors (Lipinski definition) is 1. The molecule has 0 bridgehead atoms. The summed E-state index contributed by atoms with van der Waals surface area (Å²) in [5.74, 6) is -0.0257. The zero-order chi connectivity index (χ0) is 20.1. The van der Waals surface area contributed by atoms with Gasteiger partial charge < -0.3 is 24.1 Å². The van der Waals surface area contributed by atoms with Gasteiger partial charge in [-0.1, -0.05) is 17.3 Å². The van der Waals surface area contributed by atoms with Crippen molar-refractivity contribution in [1.29, 1.82) is 0 Å². The molecule has 0 spiro atoms. The number of amides is 1. The summed E-state index contributed by atoms with van der Waals surface area (Å²) in [5.41, 5.74) is 1.55. The van der Waals surface area contributed by atoms with E-state index in [4.69, 9.17) is 18.7 Å². The minimum atomic E-state index is -0.987. The molecule has 1 unspecified atom stereocenters. The highest BCUT2D eigenvalue weighted by molar-refractivity contribution is 5.95. The first-order valence-electron chi connectivity index (χ1n) is 8.57. The molecular weight excluding hydrogens is 364 g/mol. The molecule has 1 aromatic heterocycles. The standard InChI is InChI=1S/C20H20N2O6/c1-12(20(24)21-13-8-9-17(25-2)18(10-13)26-3)27-19(23)11-15-14-6-4-5-7-16(14)28-22-15/h4-10,12H,11H2,1-3H3,(H,21,24). The Kier molecular flexibility index (Phi) is 5.78. The summed E-state index contributed by atoms with van der Waals surface area (Å²) in [6, 6.07) is 12.2. The maximum absolute atomic E-state index is 12.3. The lowest BCUT2D eigenvalue weighted by Gasteiger charge is -2.14. The number of ether oxygens (including phenoxy) is 3. The lowest BCUT2D eigenvalue weighted by molar-refractivity contribution is -0.152. The van der Waals surface area contributed by atoms with Gasteiger partial charge in [-0.25, -0.2) is 0 Å². The monoisotopic (exact) mass is 384 g/mol. The number of carbonyl (C=O) groups excluding carboxylic acids is 2. The highest BCUT2D eigenvalue weighted by Gasteiger charge is 2.20. The van der Waals surface area contributed by atoms with E-state index in [1.54, 1.807) is 24.3 Å². The predicted octanol–water partition coefficient (Wildman–Crippen LogP) is 2.96. The summed E-state index contributed by atoms with van der Waals surface area (Å²) in [6.45, 7) is 1.49. The normalized spacial score (nSPS) is 11.7. The van der Waals surface area contributed by atoms with E-state index in [9.17, 15) is 9.59 Å². The minimum Gasteiger partial charge on any atom is -0.493 e. The van der Waals surface area contributed by atoms with Crippen LogP contribution in [0.4, 0.5) is 5.69 Å². The van der Waals surface area contributed by atoms with Gasteiger partial charge in [-0.15, -0.1) is 0 Å². The first kappa shape index (κ1) is 19.2. The molecule has 8 heteroatoms. The quantitative estimate of drug-likeness (QED) is 0.625. The average Bonchev–Trinajstić information content (AvgIpc) is 3.10. The van der Waals surface area contributed by atoms with Crippen molar-refractivity contribution in [2.45, 2.75) is 19.4 Å². The number of anilines is 1. The third kappa shape index (κ3) is 4.22. The number of nitrogens with zero attached hydrogens (tertiary/aromatic N) is 1. The lowest BCUT2D eigenvalue weighted by atomic mass is 10.2. The second kappa shape index (κ2) is 8.43. The zero-order valence-electron chi connectivity index (χ0n) is 15.7. The fourth-order valence-corrected chi connectivity index (χ4v) is 2.65. The SMILES string of the molecule is COc1ccc(NC(=O)C(C)OC(=O)Cc2noc3ccccc23)cc1OC. The first-order valence-corrected chi connectivity index (χ1v) is 8.57. The number of carbonyl (C=O) groups is 2. The smallest absolute Gasteiger partial charge is 0.312 e. The fourth-order valence-electron chi connectivity index (χ4n) is 2.65. The number of benzene rings is 2. The summed E-state index contributed by atoms with van der Waals surface area (Å²) in [7, 11) is 3.02. The molecule has 0 aliphatic rings. The lowest BCUT2D eigenvalue weighted by Crippen LogP contribution is -2.30. The van der Waals surface area contributed by atoms with Crippen LogP contribution in [-0.4, -0.2) is 37.4 Å². The van der Waals surface area contributed by atoms with Crippen molar-refractivity contribution < 1.29 is 28.3 Å². The Balaban J connectivity index is 1.60. The van der Waals surface area contributed by atoms with E-state index >= 15 is 0 Å². The Morgan fingerprint density at radius 1 is 1.11 bits per heavy atom. The Bertz CT molecular complexity index is 997. The number of para-hydroxylation sites is 1. The Morgan fingerprint density at radius 3 is 2.61 bits per heavy atom. The van der Waals surface area contributed by atoms with Gasteiger partial charge >= 0.3 is 5.97 Å². The Labute approximate surface area is 161 Å². The summed E-state index contributed by atoms with van der Waals surface area (Å²) in [6.07, 6.45) is -1.08. The van der Waals surface area contributed by atoms with E-state index in [-0.39, 0.29) is 6.42 Å². The van der Waals surface area contributed by atoms with Gasteiger partial charge in [0.1, 0.15) is 5.69 Å². The van der Waals surface area contributed by atoms with E-state index in [0.717, 1.165) is 5.39 Å². The topological polar surface area (TPSA) is 99.9 Å². The molecule has 1 amide bonds. The third-order valence-corrected chi connectivity index (χ3v) is 4.09. The second-order valence-electron chi connectivity index (χ2n) is 5.99. The number of esters is 1. The molecule has 0 aliphatic heterocycles. The molecule has 28 heavy (non-hydrogen) atoms. The number of fused-ring (bicyclic) bond motifs is 1. The highest BCUT2D eigenvalue weighted by atomic mass is 16.5. The number of methoxy groups -OCH3 is 2. The second-order valence-corrected chi connectivity index (χ2v) is 5.99. The van der Waals surface area contributed by atoms with Gasteiger partial charge in [-0.3, -0.25) is 9.59 Å². The van der Waals surface area contributed by atoms with Crippen molar-refractivity contribution in [3.8, 4) is 11.5 Å². The van der Waals surface area contributed by atoms with Crippen molar-refractivity contribution in [2.75, 3.05) is 19.5 Å². The Morgan fingerprint density at radius 2 is 1.86 bits per heavy atom. The molecule has 0 saturated heterocycles. The van der Waals surface area contributed by atoms with E-state index < -0.39 is 18.0 Å². The number of rotatable bonds is 7. The summed E-state index contributed by atoms with van der Waals surface area (Å²) >= 11 is 0. The van der Waals surface area contributed by atoms with E-state index in [0.29, 0.717) is 28.5 Å². The van der Waals surface area contributed by atoms with Crippen LogP contribution in [0.1, 0.15) is 12.6 Å². The largest absolute Gasteiger partial charge is 0.493 e. The van der Waals surface area contributed by atoms with Gasteiger partial charge in [-0.2, -0.15) is 0 Å². The third-order valence-electron chi connectivity index (χ3n) is 4.09. The van der Waals surface area contributed by atoms with Crippen LogP contribution < -0.4 is 14.8 Å². The summed E-state index contributed by atoms with van der Waals surface area (Å²) in [5, 5.41) is 7.30. The summed E-state index contributed by atoms with van der Waals surface area (Å²) < 4.78 is 20.7. The molecule has 8 nitrogen and oxygen atoms in total. The molecule has 1 heterocycles. The zero-order valence-corrected chi connectivity index (χ0v) is 15.7. The molecule has 3 aromatic rings. The van der Waals surface area contributed by atoms with Crippen LogP contribution in [0, 0.1) is 0 Å². The molecule has 0 fully saturated rings. The molecule has 3 rings (SSSR count). The van der Waals surface area contributed by atoms with Crippen molar-refractivity contribution in [3.05, 3.63) is 48.2 Å². The molecule has 2 aromatic carbocycles. The van der Waals surface area contributed by atoms with Crippen molar-refractivity contribution in [2.24, 2.45) is 0 Å². The number of aromatic nitrogens is 1. The van der Waals surface area contributed by atoms with Crippen LogP contribution in [0.2, 0.25) is 0 Å². The van der Waals surface area contributed by atoms with Gasteiger partial charge in [0.15, 0.2) is 23.2 Å². The summed E-state index contributed by atoms with van der Waals surface area (Å²) in [4.78, 5) is 24.5. The maximum atomic E-state index is 12.3. The van der Waals surface area contributed by atoms with Crippen LogP contribution in [0.3, 0.4) is 0 Å². The molecule has 146 valence electrons. The van der Waals surface area contributed by atoms with Gasteiger partial charge in [0, 0.05) is 17.1 Å². The number of nitrogens with one attached hydrogen (secondary N) is 1. The van der Waals surface area contributed by atoms with Gasteiger partial charge in [0.05, 0.1) is 20.6 Å². The molecule has 0 aliphatic carbocycles. The first-order chi connectivity index (χ1) is 13.5. The van der Waals surface area contributed by atoms with Gasteiger partial charge in [0.25, 0.3) is 5.91 Å². The van der Waals surface area contributed by atoms with Crippen LogP contribution in [-0.2, 0) is 20.7 Å². The highest BCUT2D eigenvalue weighted by Crippen LogP contribution is 2.29. The van der Waals surface area contributed by atoms with Crippen molar-refractivity contribution in [3.63, 3.8) is 0 Å². The predicted molar refractivity (Wildman–Crippen MR) is 101 cm³/mol. The molecule has 0 radical (unpaired) electrons. The molecule has 1 N–H and O–H groups in total. The van der Waals surface area contributed by atoms with Gasteiger partial charge in [-0.05, 0) is 31.2 Å². The van der Waals surface area contributed by atoms with Gasteiger partial charge in [0.2, 0.25) is 0 Å². The molecular formula is C20H20N2O6. The van der Waals surface area contributed by atoms with Crippen molar-refractivity contribution in [1.82, 2.24) is 5.16 Å². The average molecular weight is 384 g/mol. The van der Waals surface area contributed by atoms with Crippen molar-refractivity contribution >= 4 is 28.5 Å². The van der Waals surface area contributed by atoms with Crippen LogP contribution in [0.15, 0.2) is 47.0 Å².